The third-order valence-electron chi connectivity index (χ3n) is 2.66. The topological polar surface area (TPSA) is 30.2 Å². The van der Waals surface area contributed by atoms with Crippen LogP contribution in [0.2, 0.25) is 0 Å². The van der Waals surface area contributed by atoms with Crippen molar-refractivity contribution in [3.8, 4) is 12.3 Å². The number of aromatic nitrogens is 3. The van der Waals surface area contributed by atoms with Crippen LogP contribution in [0.25, 0.3) is 5.65 Å². The van der Waals surface area contributed by atoms with Crippen LogP contribution in [0.1, 0.15) is 16.8 Å². The van der Waals surface area contributed by atoms with E-state index < -0.39 is 0 Å². The zero-order valence-corrected chi connectivity index (χ0v) is 11.0. The highest BCUT2D eigenvalue weighted by atomic mass is 15.2. The summed E-state index contributed by atoms with van der Waals surface area (Å²) in [6, 6.07) is 12.1. The third-order valence-corrected chi connectivity index (χ3v) is 2.66. The molecule has 0 aliphatic rings. The van der Waals surface area contributed by atoms with Gasteiger partial charge in [-0.3, -0.25) is 0 Å². The number of rotatable bonds is 0. The van der Waals surface area contributed by atoms with Crippen molar-refractivity contribution in [1.29, 1.82) is 0 Å². The van der Waals surface area contributed by atoms with Crippen molar-refractivity contribution < 1.29 is 0 Å². The summed E-state index contributed by atoms with van der Waals surface area (Å²) in [5.74, 6) is 2.57. The number of aryl methyl sites for hydroxylation is 2. The maximum absolute atomic E-state index is 5.32. The number of hydrogen-bond acceptors (Lipinski definition) is 2. The summed E-state index contributed by atoms with van der Waals surface area (Å²) in [7, 11) is 0. The average Bonchev–Trinajstić information content (AvgIpc) is 2.75. The van der Waals surface area contributed by atoms with Crippen molar-refractivity contribution in [2.75, 3.05) is 0 Å². The van der Waals surface area contributed by atoms with Gasteiger partial charge in [0.2, 0.25) is 0 Å². The Morgan fingerprint density at radius 3 is 2.42 bits per heavy atom. The van der Waals surface area contributed by atoms with Crippen LogP contribution in [-0.2, 0) is 0 Å². The van der Waals surface area contributed by atoms with Crippen LogP contribution < -0.4 is 0 Å². The van der Waals surface area contributed by atoms with Gasteiger partial charge in [0.05, 0.1) is 11.3 Å². The van der Waals surface area contributed by atoms with Gasteiger partial charge in [-0.2, -0.15) is 5.10 Å². The van der Waals surface area contributed by atoms with E-state index in [2.05, 4.69) is 35.1 Å². The molecule has 3 aromatic rings. The van der Waals surface area contributed by atoms with E-state index in [1.807, 2.05) is 37.4 Å². The molecule has 0 saturated carbocycles. The monoisotopic (exact) mass is 249 g/mol. The SMILES string of the molecule is C#Cc1c(C)nn2cccnc12.Cc1ccccc1. The van der Waals surface area contributed by atoms with Crippen LogP contribution in [0.15, 0.2) is 48.8 Å². The second kappa shape index (κ2) is 5.83. The van der Waals surface area contributed by atoms with E-state index in [-0.39, 0.29) is 0 Å². The van der Waals surface area contributed by atoms with E-state index in [9.17, 15) is 0 Å². The number of hydrogen-bond donors (Lipinski definition) is 0. The van der Waals surface area contributed by atoms with E-state index in [0.717, 1.165) is 16.9 Å². The molecule has 0 saturated heterocycles. The highest BCUT2D eigenvalue weighted by Crippen LogP contribution is 2.09. The Kier molecular flexibility index (Phi) is 3.94. The molecule has 0 spiro atoms. The zero-order chi connectivity index (χ0) is 13.7. The second-order valence-corrected chi connectivity index (χ2v) is 4.15. The zero-order valence-electron chi connectivity index (χ0n) is 11.0. The van der Waals surface area contributed by atoms with Crippen molar-refractivity contribution in [3.63, 3.8) is 0 Å². The van der Waals surface area contributed by atoms with Crippen molar-refractivity contribution in [3.05, 3.63) is 65.6 Å². The van der Waals surface area contributed by atoms with Crippen LogP contribution in [0.4, 0.5) is 0 Å². The van der Waals surface area contributed by atoms with E-state index in [4.69, 9.17) is 6.42 Å². The molecule has 94 valence electrons. The van der Waals surface area contributed by atoms with Gasteiger partial charge in [-0.15, -0.1) is 6.42 Å². The minimum absolute atomic E-state index is 0.748. The largest absolute Gasteiger partial charge is 0.236 e. The van der Waals surface area contributed by atoms with Crippen molar-refractivity contribution in [2.45, 2.75) is 13.8 Å². The lowest BCUT2D eigenvalue weighted by atomic mass is 10.2. The number of nitrogens with zero attached hydrogens (tertiary/aromatic N) is 3. The van der Waals surface area contributed by atoms with Gasteiger partial charge >= 0.3 is 0 Å². The van der Waals surface area contributed by atoms with Gasteiger partial charge in [-0.05, 0) is 19.9 Å². The van der Waals surface area contributed by atoms with Gasteiger partial charge in [-0.25, -0.2) is 9.50 Å². The Balaban J connectivity index is 0.000000163. The summed E-state index contributed by atoms with van der Waals surface area (Å²) in [5, 5.41) is 4.20. The van der Waals surface area contributed by atoms with Crippen LogP contribution >= 0.6 is 0 Å². The van der Waals surface area contributed by atoms with Gasteiger partial charge in [-0.1, -0.05) is 41.8 Å². The normalized spacial score (nSPS) is 9.53. The maximum atomic E-state index is 5.32. The van der Waals surface area contributed by atoms with E-state index >= 15 is 0 Å². The van der Waals surface area contributed by atoms with Crippen molar-refractivity contribution in [2.24, 2.45) is 0 Å². The maximum Gasteiger partial charge on any atom is 0.170 e. The lowest BCUT2D eigenvalue weighted by Crippen LogP contribution is -1.87. The third kappa shape index (κ3) is 2.99. The summed E-state index contributed by atoms with van der Waals surface area (Å²) < 4.78 is 1.69. The molecule has 2 heterocycles. The first kappa shape index (κ1) is 12.8. The molecule has 0 unspecified atom stereocenters. The van der Waals surface area contributed by atoms with Gasteiger partial charge in [0.15, 0.2) is 5.65 Å². The smallest absolute Gasteiger partial charge is 0.170 e. The minimum Gasteiger partial charge on any atom is -0.236 e. The van der Waals surface area contributed by atoms with E-state index in [1.165, 1.54) is 5.56 Å². The Hall–Kier alpha value is -2.60. The quantitative estimate of drug-likeness (QED) is 0.573. The summed E-state index contributed by atoms with van der Waals surface area (Å²) >= 11 is 0. The summed E-state index contributed by atoms with van der Waals surface area (Å²) in [6.45, 7) is 3.96. The molecule has 0 atom stereocenters. The van der Waals surface area contributed by atoms with Crippen LogP contribution in [-0.4, -0.2) is 14.6 Å². The lowest BCUT2D eigenvalue weighted by molar-refractivity contribution is 0.917. The first-order valence-corrected chi connectivity index (χ1v) is 6.00. The predicted octanol–water partition coefficient (Wildman–Crippen LogP) is 3.01. The second-order valence-electron chi connectivity index (χ2n) is 4.15. The fraction of sp³-hybridized carbons (Fsp3) is 0.125. The number of fused-ring (bicyclic) bond motifs is 1. The van der Waals surface area contributed by atoms with Crippen LogP contribution in [0.3, 0.4) is 0 Å². The molecule has 0 aliphatic carbocycles. The summed E-state index contributed by atoms with van der Waals surface area (Å²) in [6.07, 6.45) is 8.85. The van der Waals surface area contributed by atoms with Crippen molar-refractivity contribution in [1.82, 2.24) is 14.6 Å². The van der Waals surface area contributed by atoms with Gasteiger partial charge in [0.1, 0.15) is 0 Å². The molecule has 3 nitrogen and oxygen atoms in total. The molecule has 0 amide bonds. The molecule has 0 fully saturated rings. The summed E-state index contributed by atoms with van der Waals surface area (Å²) in [4.78, 5) is 4.13. The minimum atomic E-state index is 0.748. The first-order valence-electron chi connectivity index (χ1n) is 6.00. The summed E-state index contributed by atoms with van der Waals surface area (Å²) in [5.41, 5.74) is 3.69. The van der Waals surface area contributed by atoms with Gasteiger partial charge < -0.3 is 0 Å². The van der Waals surface area contributed by atoms with Crippen LogP contribution in [0.5, 0.6) is 0 Å². The van der Waals surface area contributed by atoms with Crippen molar-refractivity contribution >= 4 is 5.65 Å². The van der Waals surface area contributed by atoms with Gasteiger partial charge in [0.25, 0.3) is 0 Å². The molecule has 0 aliphatic heterocycles. The first-order chi connectivity index (χ1) is 9.22. The fourth-order valence-corrected chi connectivity index (χ4v) is 1.70. The fourth-order valence-electron chi connectivity index (χ4n) is 1.70. The molecule has 1 aromatic carbocycles. The molecular formula is C16H15N3. The van der Waals surface area contributed by atoms with Gasteiger partial charge in [0, 0.05) is 12.4 Å². The Morgan fingerprint density at radius 1 is 1.11 bits per heavy atom. The Bertz CT molecular complexity index is 706. The van der Waals surface area contributed by atoms with E-state index in [1.54, 1.807) is 10.7 Å². The highest BCUT2D eigenvalue weighted by Gasteiger charge is 2.05. The number of terminal acetylenes is 1. The molecule has 3 heteroatoms. The standard InChI is InChI=1S/C9H7N3.C7H8/c1-3-8-7(2)11-12-6-4-5-10-9(8)12;1-7-5-3-2-4-6-7/h1,4-6H,2H3;2-6H,1H3. The molecule has 2 aromatic heterocycles. The van der Waals surface area contributed by atoms with E-state index in [0.29, 0.717) is 0 Å². The Labute approximate surface area is 112 Å². The molecule has 19 heavy (non-hydrogen) atoms. The lowest BCUT2D eigenvalue weighted by Gasteiger charge is -1.88. The molecular weight excluding hydrogens is 234 g/mol. The molecule has 3 rings (SSSR count). The predicted molar refractivity (Wildman–Crippen MR) is 76.8 cm³/mol. The Morgan fingerprint density at radius 2 is 1.84 bits per heavy atom. The molecule has 0 bridgehead atoms. The average molecular weight is 249 g/mol. The highest BCUT2D eigenvalue weighted by molar-refractivity contribution is 5.58. The molecule has 0 radical (unpaired) electrons. The van der Waals surface area contributed by atoms with Crippen LogP contribution in [0, 0.1) is 26.2 Å². The molecule has 0 N–H and O–H groups in total. The number of benzene rings is 1.